The molecule has 0 spiro atoms. The van der Waals surface area contributed by atoms with Crippen LogP contribution in [-0.2, 0) is 23.6 Å². The molecule has 0 saturated carbocycles. The van der Waals surface area contributed by atoms with Crippen LogP contribution < -0.4 is 10.3 Å². The van der Waals surface area contributed by atoms with Gasteiger partial charge in [-0.05, 0) is 23.8 Å². The molecule has 0 N–H and O–H groups in total. The Hall–Kier alpha value is -1.72. The SMILES string of the molecule is COc1ccc(CSc2cc3n(c(=O)c2)CCOC3)cc1. The third-order valence-corrected chi connectivity index (χ3v) is 4.51. The number of ether oxygens (including phenoxy) is 2. The van der Waals surface area contributed by atoms with Gasteiger partial charge in [0.15, 0.2) is 0 Å². The van der Waals surface area contributed by atoms with Gasteiger partial charge in [0, 0.05) is 29.0 Å². The van der Waals surface area contributed by atoms with Crippen molar-refractivity contribution in [2.75, 3.05) is 13.7 Å². The normalized spacial score (nSPS) is 13.8. The zero-order valence-electron chi connectivity index (χ0n) is 11.9. The third-order valence-electron chi connectivity index (χ3n) is 3.46. The number of pyridine rings is 1. The Bertz CT molecular complexity index is 679. The first-order valence-electron chi connectivity index (χ1n) is 6.83. The predicted octanol–water partition coefficient (Wildman–Crippen LogP) is 2.68. The van der Waals surface area contributed by atoms with Crippen molar-refractivity contribution in [1.29, 1.82) is 0 Å². The van der Waals surface area contributed by atoms with Crippen LogP contribution in [-0.4, -0.2) is 18.3 Å². The van der Waals surface area contributed by atoms with E-state index in [1.54, 1.807) is 29.5 Å². The van der Waals surface area contributed by atoms with E-state index in [1.807, 2.05) is 24.3 Å². The number of nitrogens with zero attached hydrogens (tertiary/aromatic N) is 1. The number of methoxy groups -OCH3 is 1. The van der Waals surface area contributed by atoms with Gasteiger partial charge in [-0.15, -0.1) is 11.8 Å². The van der Waals surface area contributed by atoms with Gasteiger partial charge in [-0.1, -0.05) is 12.1 Å². The second-order valence-corrected chi connectivity index (χ2v) is 5.91. The minimum atomic E-state index is 0.0630. The lowest BCUT2D eigenvalue weighted by Crippen LogP contribution is -2.29. The summed E-state index contributed by atoms with van der Waals surface area (Å²) in [4.78, 5) is 13.1. The van der Waals surface area contributed by atoms with Crippen molar-refractivity contribution in [1.82, 2.24) is 4.57 Å². The van der Waals surface area contributed by atoms with Gasteiger partial charge >= 0.3 is 0 Å². The van der Waals surface area contributed by atoms with E-state index in [1.165, 1.54) is 5.56 Å². The molecule has 0 aliphatic carbocycles. The van der Waals surface area contributed by atoms with E-state index in [-0.39, 0.29) is 5.56 Å². The molecule has 0 fully saturated rings. The molecule has 2 heterocycles. The highest BCUT2D eigenvalue weighted by molar-refractivity contribution is 7.98. The van der Waals surface area contributed by atoms with E-state index in [4.69, 9.17) is 9.47 Å². The fraction of sp³-hybridized carbons (Fsp3) is 0.312. The lowest BCUT2D eigenvalue weighted by atomic mass is 10.2. The maximum absolute atomic E-state index is 12.1. The second-order valence-electron chi connectivity index (χ2n) is 4.86. The Labute approximate surface area is 127 Å². The number of aromatic nitrogens is 1. The minimum Gasteiger partial charge on any atom is -0.497 e. The number of hydrogen-bond donors (Lipinski definition) is 0. The van der Waals surface area contributed by atoms with Crippen molar-refractivity contribution in [2.24, 2.45) is 0 Å². The van der Waals surface area contributed by atoms with Crippen molar-refractivity contribution in [3.63, 3.8) is 0 Å². The average molecular weight is 303 g/mol. The minimum absolute atomic E-state index is 0.0630. The molecule has 1 aliphatic heterocycles. The Balaban J connectivity index is 1.72. The van der Waals surface area contributed by atoms with E-state index >= 15 is 0 Å². The van der Waals surface area contributed by atoms with Crippen molar-refractivity contribution in [3.8, 4) is 5.75 Å². The standard InChI is InChI=1S/C16H17NO3S/c1-19-14-4-2-12(3-5-14)11-21-15-8-13-10-20-7-6-17(13)16(18)9-15/h2-5,8-9H,6-7,10-11H2,1H3. The van der Waals surface area contributed by atoms with Gasteiger partial charge in [0.2, 0.25) is 0 Å². The smallest absolute Gasteiger partial charge is 0.252 e. The second kappa shape index (κ2) is 6.37. The van der Waals surface area contributed by atoms with E-state index in [2.05, 4.69) is 6.07 Å². The van der Waals surface area contributed by atoms with Gasteiger partial charge in [-0.25, -0.2) is 0 Å². The van der Waals surface area contributed by atoms with Crippen LogP contribution in [0.3, 0.4) is 0 Å². The van der Waals surface area contributed by atoms with Gasteiger partial charge in [-0.3, -0.25) is 4.79 Å². The Morgan fingerprint density at radius 1 is 1.29 bits per heavy atom. The zero-order chi connectivity index (χ0) is 14.7. The molecule has 0 radical (unpaired) electrons. The van der Waals surface area contributed by atoms with Crippen molar-refractivity contribution in [3.05, 3.63) is 58.0 Å². The van der Waals surface area contributed by atoms with Gasteiger partial charge in [0.05, 0.1) is 20.3 Å². The molecule has 110 valence electrons. The Morgan fingerprint density at radius 3 is 2.86 bits per heavy atom. The van der Waals surface area contributed by atoms with Crippen molar-refractivity contribution >= 4 is 11.8 Å². The first-order valence-corrected chi connectivity index (χ1v) is 7.82. The number of thioether (sulfide) groups is 1. The number of benzene rings is 1. The highest BCUT2D eigenvalue weighted by atomic mass is 32.2. The van der Waals surface area contributed by atoms with Gasteiger partial charge < -0.3 is 14.0 Å². The summed E-state index contributed by atoms with van der Waals surface area (Å²) < 4.78 is 12.3. The molecule has 1 aromatic carbocycles. The van der Waals surface area contributed by atoms with Crippen LogP contribution in [0.15, 0.2) is 46.1 Å². The lowest BCUT2D eigenvalue weighted by molar-refractivity contribution is 0.0821. The van der Waals surface area contributed by atoms with Crippen molar-refractivity contribution < 1.29 is 9.47 Å². The fourth-order valence-corrected chi connectivity index (χ4v) is 3.23. The number of rotatable bonds is 4. The van der Waals surface area contributed by atoms with Gasteiger partial charge in [0.25, 0.3) is 5.56 Å². The molecule has 1 aliphatic rings. The molecule has 3 rings (SSSR count). The fourth-order valence-electron chi connectivity index (χ4n) is 2.30. The molecule has 2 aromatic rings. The monoisotopic (exact) mass is 303 g/mol. The lowest BCUT2D eigenvalue weighted by Gasteiger charge is -2.19. The summed E-state index contributed by atoms with van der Waals surface area (Å²) in [5, 5.41) is 0. The summed E-state index contributed by atoms with van der Waals surface area (Å²) in [5.41, 5.74) is 2.23. The number of hydrogen-bond acceptors (Lipinski definition) is 4. The molecule has 4 nitrogen and oxygen atoms in total. The van der Waals surface area contributed by atoms with Crippen LogP contribution in [0.1, 0.15) is 11.3 Å². The molecule has 21 heavy (non-hydrogen) atoms. The summed E-state index contributed by atoms with van der Waals surface area (Å²) in [6, 6.07) is 11.7. The first kappa shape index (κ1) is 14.2. The molecular formula is C16H17NO3S. The summed E-state index contributed by atoms with van der Waals surface area (Å²) >= 11 is 1.66. The van der Waals surface area contributed by atoms with E-state index in [0.29, 0.717) is 19.8 Å². The molecule has 0 unspecified atom stereocenters. The van der Waals surface area contributed by atoms with Crippen LogP contribution in [0.2, 0.25) is 0 Å². The quantitative estimate of drug-likeness (QED) is 0.814. The van der Waals surface area contributed by atoms with E-state index < -0.39 is 0 Å². The first-order chi connectivity index (χ1) is 10.3. The Kier molecular flexibility index (Phi) is 4.31. The maximum atomic E-state index is 12.1. The summed E-state index contributed by atoms with van der Waals surface area (Å²) in [7, 11) is 1.66. The highest BCUT2D eigenvalue weighted by Gasteiger charge is 2.11. The molecule has 0 amide bonds. The zero-order valence-corrected chi connectivity index (χ0v) is 12.7. The molecule has 0 bridgehead atoms. The number of fused-ring (bicyclic) bond motifs is 1. The third kappa shape index (κ3) is 3.31. The Morgan fingerprint density at radius 2 is 2.10 bits per heavy atom. The van der Waals surface area contributed by atoms with Crippen LogP contribution in [0.4, 0.5) is 0 Å². The largest absolute Gasteiger partial charge is 0.497 e. The van der Waals surface area contributed by atoms with Crippen LogP contribution in [0.5, 0.6) is 5.75 Å². The molecule has 0 atom stereocenters. The summed E-state index contributed by atoms with van der Waals surface area (Å²) in [6.45, 7) is 1.79. The molecule has 0 saturated heterocycles. The predicted molar refractivity (Wildman–Crippen MR) is 82.9 cm³/mol. The van der Waals surface area contributed by atoms with Crippen LogP contribution in [0.25, 0.3) is 0 Å². The molecule has 1 aromatic heterocycles. The van der Waals surface area contributed by atoms with Gasteiger partial charge in [0.1, 0.15) is 5.75 Å². The highest BCUT2D eigenvalue weighted by Crippen LogP contribution is 2.24. The summed E-state index contributed by atoms with van der Waals surface area (Å²) in [6.07, 6.45) is 0. The average Bonchev–Trinajstić information content (AvgIpc) is 2.53. The van der Waals surface area contributed by atoms with Crippen LogP contribution in [0, 0.1) is 0 Å². The summed E-state index contributed by atoms with van der Waals surface area (Å²) in [5.74, 6) is 1.68. The molecular weight excluding hydrogens is 286 g/mol. The van der Waals surface area contributed by atoms with Crippen molar-refractivity contribution in [2.45, 2.75) is 23.8 Å². The van der Waals surface area contributed by atoms with Crippen LogP contribution >= 0.6 is 11.8 Å². The van der Waals surface area contributed by atoms with E-state index in [9.17, 15) is 4.79 Å². The van der Waals surface area contributed by atoms with E-state index in [0.717, 1.165) is 22.1 Å². The molecule has 5 heteroatoms. The van der Waals surface area contributed by atoms with Gasteiger partial charge in [-0.2, -0.15) is 0 Å². The maximum Gasteiger partial charge on any atom is 0.252 e. The topological polar surface area (TPSA) is 40.5 Å².